The molecule has 0 bridgehead atoms. The standard InChI is InChI=1S/C15H15N5OS2/c1-10-5-3-4-6-12(10)20-8-7-16-15(20)22-9-13(21)17-14-19-18-11(2)23-14/h3-8H,9H2,1-2H3,(H,17,19,21). The summed E-state index contributed by atoms with van der Waals surface area (Å²) in [5.74, 6) is 0.145. The zero-order valence-corrected chi connectivity index (χ0v) is 14.3. The maximum Gasteiger partial charge on any atom is 0.236 e. The maximum atomic E-state index is 12.0. The average Bonchev–Trinajstić information content (AvgIpc) is 3.15. The monoisotopic (exact) mass is 345 g/mol. The van der Waals surface area contributed by atoms with Crippen LogP contribution in [0.2, 0.25) is 0 Å². The minimum absolute atomic E-state index is 0.120. The van der Waals surface area contributed by atoms with Crippen molar-refractivity contribution in [2.45, 2.75) is 19.0 Å². The van der Waals surface area contributed by atoms with Gasteiger partial charge in [-0.3, -0.25) is 14.7 Å². The van der Waals surface area contributed by atoms with E-state index in [1.54, 1.807) is 6.20 Å². The Morgan fingerprint density at radius 1 is 1.30 bits per heavy atom. The molecule has 0 radical (unpaired) electrons. The predicted molar refractivity (Wildman–Crippen MR) is 92.3 cm³/mol. The molecule has 6 nitrogen and oxygen atoms in total. The fourth-order valence-corrected chi connectivity index (χ4v) is 3.42. The van der Waals surface area contributed by atoms with Crippen molar-refractivity contribution >= 4 is 34.1 Å². The van der Waals surface area contributed by atoms with E-state index in [9.17, 15) is 4.79 Å². The van der Waals surface area contributed by atoms with Gasteiger partial charge >= 0.3 is 0 Å². The van der Waals surface area contributed by atoms with E-state index in [1.807, 2.05) is 48.9 Å². The number of aromatic nitrogens is 4. The van der Waals surface area contributed by atoms with Crippen molar-refractivity contribution in [3.63, 3.8) is 0 Å². The van der Waals surface area contributed by atoms with Crippen molar-refractivity contribution in [1.82, 2.24) is 19.7 Å². The van der Waals surface area contributed by atoms with Crippen LogP contribution in [-0.4, -0.2) is 31.4 Å². The number of nitrogens with one attached hydrogen (secondary N) is 1. The molecule has 1 amide bonds. The highest BCUT2D eigenvalue weighted by Gasteiger charge is 2.11. The second-order valence-corrected chi connectivity index (χ2v) is 6.95. The number of benzene rings is 1. The van der Waals surface area contributed by atoms with E-state index >= 15 is 0 Å². The second-order valence-electron chi connectivity index (χ2n) is 4.83. The van der Waals surface area contributed by atoms with Crippen molar-refractivity contribution in [2.24, 2.45) is 0 Å². The summed E-state index contributed by atoms with van der Waals surface area (Å²) < 4.78 is 1.99. The Bertz CT molecular complexity index is 827. The lowest BCUT2D eigenvalue weighted by molar-refractivity contribution is -0.113. The van der Waals surface area contributed by atoms with Crippen LogP contribution in [0.25, 0.3) is 5.69 Å². The number of aryl methyl sites for hydroxylation is 2. The van der Waals surface area contributed by atoms with Crippen molar-refractivity contribution in [3.05, 3.63) is 47.2 Å². The van der Waals surface area contributed by atoms with Crippen LogP contribution in [0.5, 0.6) is 0 Å². The van der Waals surface area contributed by atoms with E-state index in [0.29, 0.717) is 5.13 Å². The van der Waals surface area contributed by atoms with Crippen molar-refractivity contribution in [2.75, 3.05) is 11.1 Å². The van der Waals surface area contributed by atoms with Crippen LogP contribution >= 0.6 is 23.1 Å². The number of thioether (sulfide) groups is 1. The first-order valence-electron chi connectivity index (χ1n) is 6.95. The number of hydrogen-bond acceptors (Lipinski definition) is 6. The lowest BCUT2D eigenvalue weighted by atomic mass is 10.2. The number of hydrogen-bond donors (Lipinski definition) is 1. The lowest BCUT2D eigenvalue weighted by Gasteiger charge is -2.09. The van der Waals surface area contributed by atoms with Crippen molar-refractivity contribution < 1.29 is 4.79 Å². The van der Waals surface area contributed by atoms with E-state index in [2.05, 4.69) is 20.5 Å². The van der Waals surface area contributed by atoms with Gasteiger partial charge in [-0.15, -0.1) is 10.2 Å². The summed E-state index contributed by atoms with van der Waals surface area (Å²) in [6, 6.07) is 8.07. The third-order valence-corrected chi connectivity index (χ3v) is 4.81. The Balaban J connectivity index is 1.66. The highest BCUT2D eigenvalue weighted by molar-refractivity contribution is 7.99. The molecule has 0 aliphatic heterocycles. The molecule has 2 aromatic heterocycles. The predicted octanol–water partition coefficient (Wildman–Crippen LogP) is 3.07. The van der Waals surface area contributed by atoms with Gasteiger partial charge in [-0.2, -0.15) is 0 Å². The fraction of sp³-hybridized carbons (Fsp3) is 0.200. The van der Waals surface area contributed by atoms with Crippen LogP contribution in [0.3, 0.4) is 0 Å². The maximum absolute atomic E-state index is 12.0. The van der Waals surface area contributed by atoms with Gasteiger partial charge in [0.05, 0.1) is 11.4 Å². The Labute approximate surface area is 142 Å². The molecule has 0 aliphatic carbocycles. The molecule has 0 spiro atoms. The summed E-state index contributed by atoms with van der Waals surface area (Å²) in [6.07, 6.45) is 3.64. The number of para-hydroxylation sites is 1. The highest BCUT2D eigenvalue weighted by atomic mass is 32.2. The Kier molecular flexibility index (Phi) is 4.73. The zero-order valence-electron chi connectivity index (χ0n) is 12.7. The molecule has 118 valence electrons. The molecule has 1 N–H and O–H groups in total. The molecular weight excluding hydrogens is 330 g/mol. The van der Waals surface area contributed by atoms with E-state index in [-0.39, 0.29) is 11.7 Å². The normalized spacial score (nSPS) is 10.7. The first-order valence-corrected chi connectivity index (χ1v) is 8.76. The minimum Gasteiger partial charge on any atom is -0.300 e. The first kappa shape index (κ1) is 15.7. The van der Waals surface area contributed by atoms with Crippen LogP contribution in [-0.2, 0) is 4.79 Å². The summed E-state index contributed by atoms with van der Waals surface area (Å²) in [7, 11) is 0. The summed E-state index contributed by atoms with van der Waals surface area (Å²) in [6.45, 7) is 3.90. The molecule has 0 saturated carbocycles. The number of carbonyl (C=O) groups excluding carboxylic acids is 1. The number of anilines is 1. The van der Waals surface area contributed by atoms with E-state index in [1.165, 1.54) is 23.1 Å². The number of rotatable bonds is 5. The molecule has 0 aliphatic rings. The third kappa shape index (κ3) is 3.77. The Morgan fingerprint density at radius 3 is 2.87 bits per heavy atom. The van der Waals surface area contributed by atoms with E-state index in [4.69, 9.17) is 0 Å². The van der Waals surface area contributed by atoms with Gasteiger partial charge in [-0.1, -0.05) is 41.3 Å². The van der Waals surface area contributed by atoms with Crippen LogP contribution in [0, 0.1) is 13.8 Å². The highest BCUT2D eigenvalue weighted by Crippen LogP contribution is 2.23. The van der Waals surface area contributed by atoms with Gasteiger partial charge in [0, 0.05) is 12.4 Å². The molecule has 0 saturated heterocycles. The van der Waals surface area contributed by atoms with Gasteiger partial charge in [0.2, 0.25) is 11.0 Å². The van der Waals surface area contributed by atoms with Gasteiger partial charge in [-0.05, 0) is 25.5 Å². The molecule has 3 rings (SSSR count). The quantitative estimate of drug-likeness (QED) is 0.720. The number of imidazole rings is 1. The number of nitrogens with zero attached hydrogens (tertiary/aromatic N) is 4. The molecule has 1 aromatic carbocycles. The van der Waals surface area contributed by atoms with Crippen molar-refractivity contribution in [3.8, 4) is 5.69 Å². The van der Waals surface area contributed by atoms with E-state index < -0.39 is 0 Å². The van der Waals surface area contributed by atoms with Gasteiger partial charge < -0.3 is 0 Å². The van der Waals surface area contributed by atoms with E-state index in [0.717, 1.165) is 21.4 Å². The Hall–Kier alpha value is -2.19. The van der Waals surface area contributed by atoms with Crippen LogP contribution in [0.1, 0.15) is 10.6 Å². The molecular formula is C15H15N5OS2. The summed E-state index contributed by atoms with van der Waals surface area (Å²) in [4.78, 5) is 16.3. The summed E-state index contributed by atoms with van der Waals surface area (Å²) in [5.41, 5.74) is 2.22. The number of carbonyl (C=O) groups is 1. The molecule has 3 aromatic rings. The largest absolute Gasteiger partial charge is 0.300 e. The smallest absolute Gasteiger partial charge is 0.236 e. The fourth-order valence-electron chi connectivity index (χ4n) is 2.05. The molecule has 0 fully saturated rings. The topological polar surface area (TPSA) is 72.7 Å². The first-order chi connectivity index (χ1) is 11.1. The molecule has 2 heterocycles. The Morgan fingerprint density at radius 2 is 2.13 bits per heavy atom. The van der Waals surface area contributed by atoms with Gasteiger partial charge in [0.1, 0.15) is 5.01 Å². The third-order valence-electron chi connectivity index (χ3n) is 3.09. The van der Waals surface area contributed by atoms with Gasteiger partial charge in [0.15, 0.2) is 5.16 Å². The SMILES string of the molecule is Cc1nnc(NC(=O)CSc2nccn2-c2ccccc2C)s1. The molecule has 0 atom stereocenters. The van der Waals surface area contributed by atoms with Gasteiger partial charge in [-0.25, -0.2) is 4.98 Å². The molecule has 23 heavy (non-hydrogen) atoms. The minimum atomic E-state index is -0.120. The summed E-state index contributed by atoms with van der Waals surface area (Å²) in [5, 5.41) is 12.6. The van der Waals surface area contributed by atoms with Crippen LogP contribution in [0.15, 0.2) is 41.8 Å². The molecule has 0 unspecified atom stereocenters. The van der Waals surface area contributed by atoms with Crippen LogP contribution in [0.4, 0.5) is 5.13 Å². The number of amides is 1. The zero-order chi connectivity index (χ0) is 16.2. The second kappa shape index (κ2) is 6.93. The molecule has 8 heteroatoms. The van der Waals surface area contributed by atoms with Crippen LogP contribution < -0.4 is 5.32 Å². The summed E-state index contributed by atoms with van der Waals surface area (Å²) >= 11 is 2.74. The van der Waals surface area contributed by atoms with Crippen molar-refractivity contribution in [1.29, 1.82) is 0 Å². The van der Waals surface area contributed by atoms with Gasteiger partial charge in [0.25, 0.3) is 0 Å². The lowest BCUT2D eigenvalue weighted by Crippen LogP contribution is -2.14. The average molecular weight is 345 g/mol.